The Kier molecular flexibility index (Phi) is 5.65. The van der Waals surface area contributed by atoms with Crippen molar-refractivity contribution >= 4 is 23.3 Å². The molecule has 0 aliphatic heterocycles. The summed E-state index contributed by atoms with van der Waals surface area (Å²) >= 11 is 0. The van der Waals surface area contributed by atoms with Crippen molar-refractivity contribution in [1.29, 1.82) is 0 Å². The Labute approximate surface area is 163 Å². The van der Waals surface area contributed by atoms with Gasteiger partial charge in [0.25, 0.3) is 5.91 Å². The monoisotopic (exact) mass is 373 g/mol. The molecule has 0 spiro atoms. The summed E-state index contributed by atoms with van der Waals surface area (Å²) in [6, 6.07) is 20.3. The van der Waals surface area contributed by atoms with Gasteiger partial charge in [-0.2, -0.15) is 0 Å². The minimum absolute atomic E-state index is 0.166. The zero-order chi connectivity index (χ0) is 20.1. The maximum Gasteiger partial charge on any atom is 0.337 e. The molecular formula is C23H19NO4. The summed E-state index contributed by atoms with van der Waals surface area (Å²) < 4.78 is 4.65. The molecule has 0 unspecified atom stereocenters. The number of methoxy groups -OCH3 is 1. The summed E-state index contributed by atoms with van der Waals surface area (Å²) in [5.74, 6) is -1.01. The Balaban J connectivity index is 1.87. The van der Waals surface area contributed by atoms with Gasteiger partial charge in [0, 0.05) is 16.7 Å². The first-order valence-electron chi connectivity index (χ1n) is 8.69. The van der Waals surface area contributed by atoms with E-state index in [4.69, 9.17) is 0 Å². The number of ether oxygens (including phenoxy) is 1. The molecule has 28 heavy (non-hydrogen) atoms. The third-order valence-corrected chi connectivity index (χ3v) is 4.27. The highest BCUT2D eigenvalue weighted by Gasteiger charge is 2.16. The Bertz CT molecular complexity index is 1020. The van der Waals surface area contributed by atoms with Crippen LogP contribution in [0.25, 0.3) is 0 Å². The first-order chi connectivity index (χ1) is 13.5. The van der Waals surface area contributed by atoms with Gasteiger partial charge < -0.3 is 10.1 Å². The first kappa shape index (κ1) is 19.0. The van der Waals surface area contributed by atoms with Crippen LogP contribution >= 0.6 is 0 Å². The zero-order valence-electron chi connectivity index (χ0n) is 15.6. The molecule has 0 atom stereocenters. The van der Waals surface area contributed by atoms with Crippen LogP contribution in [0.5, 0.6) is 0 Å². The summed E-state index contributed by atoms with van der Waals surface area (Å²) in [6.07, 6.45) is 0. The summed E-state index contributed by atoms with van der Waals surface area (Å²) in [5, 5.41) is 2.79. The van der Waals surface area contributed by atoms with Crippen LogP contribution < -0.4 is 5.32 Å². The predicted molar refractivity (Wildman–Crippen MR) is 107 cm³/mol. The van der Waals surface area contributed by atoms with E-state index in [1.807, 2.05) is 19.1 Å². The number of benzene rings is 3. The van der Waals surface area contributed by atoms with Gasteiger partial charge in [-0.15, -0.1) is 0 Å². The lowest BCUT2D eigenvalue weighted by Gasteiger charge is -2.12. The molecule has 5 heteroatoms. The average Bonchev–Trinajstić information content (AvgIpc) is 2.74. The fourth-order valence-electron chi connectivity index (χ4n) is 2.77. The Morgan fingerprint density at radius 2 is 1.43 bits per heavy atom. The van der Waals surface area contributed by atoms with Crippen LogP contribution in [0.3, 0.4) is 0 Å². The third kappa shape index (κ3) is 4.15. The van der Waals surface area contributed by atoms with Gasteiger partial charge in [0.1, 0.15) is 0 Å². The third-order valence-electron chi connectivity index (χ3n) is 4.27. The predicted octanol–water partition coefficient (Wildman–Crippen LogP) is 4.26. The van der Waals surface area contributed by atoms with Gasteiger partial charge in [-0.1, -0.05) is 42.0 Å². The van der Waals surface area contributed by atoms with Crippen molar-refractivity contribution in [2.75, 3.05) is 12.4 Å². The minimum Gasteiger partial charge on any atom is -0.465 e. The molecule has 5 nitrogen and oxygen atoms in total. The molecule has 0 radical (unpaired) electrons. The van der Waals surface area contributed by atoms with Crippen molar-refractivity contribution in [2.24, 2.45) is 0 Å². The Morgan fingerprint density at radius 3 is 2.07 bits per heavy atom. The molecule has 0 saturated carbocycles. The maximum absolute atomic E-state index is 12.9. The molecule has 0 bridgehead atoms. The summed E-state index contributed by atoms with van der Waals surface area (Å²) in [4.78, 5) is 37.0. The zero-order valence-corrected chi connectivity index (χ0v) is 15.6. The summed E-state index contributed by atoms with van der Waals surface area (Å²) in [5.41, 5.74) is 3.04. The standard InChI is InChI=1S/C23H19NO4/c1-15-8-13-20(19(14-15)21(25)16-6-4-3-5-7-16)24-22(26)17-9-11-18(12-10-17)23(27)28-2/h3-14H,1-2H3,(H,24,26). The number of aryl methyl sites for hydroxylation is 1. The van der Waals surface area contributed by atoms with Crippen molar-refractivity contribution in [1.82, 2.24) is 0 Å². The lowest BCUT2D eigenvalue weighted by atomic mass is 9.99. The number of carbonyl (C=O) groups excluding carboxylic acids is 3. The van der Waals surface area contributed by atoms with E-state index in [-0.39, 0.29) is 11.7 Å². The molecule has 0 aliphatic carbocycles. The van der Waals surface area contributed by atoms with Gasteiger partial charge in [0.15, 0.2) is 5.78 Å². The van der Waals surface area contributed by atoms with Crippen LogP contribution in [-0.2, 0) is 4.74 Å². The fourth-order valence-corrected chi connectivity index (χ4v) is 2.77. The molecule has 0 fully saturated rings. The second-order valence-corrected chi connectivity index (χ2v) is 6.27. The van der Waals surface area contributed by atoms with Gasteiger partial charge in [-0.25, -0.2) is 4.79 Å². The SMILES string of the molecule is COC(=O)c1ccc(C(=O)Nc2ccc(C)cc2C(=O)c2ccccc2)cc1. The van der Waals surface area contributed by atoms with Crippen molar-refractivity contribution in [2.45, 2.75) is 6.92 Å². The largest absolute Gasteiger partial charge is 0.465 e. The maximum atomic E-state index is 12.9. The van der Waals surface area contributed by atoms with E-state index in [1.54, 1.807) is 36.4 Å². The molecule has 0 aliphatic rings. The fraction of sp³-hybridized carbons (Fsp3) is 0.0870. The Morgan fingerprint density at radius 1 is 0.786 bits per heavy atom. The molecule has 0 saturated heterocycles. The van der Waals surface area contributed by atoms with Crippen molar-refractivity contribution in [3.63, 3.8) is 0 Å². The van der Waals surface area contributed by atoms with E-state index in [0.717, 1.165) is 5.56 Å². The van der Waals surface area contributed by atoms with Gasteiger partial charge in [0.2, 0.25) is 0 Å². The Hall–Kier alpha value is -3.73. The number of carbonyl (C=O) groups is 3. The van der Waals surface area contributed by atoms with Crippen molar-refractivity contribution < 1.29 is 19.1 Å². The quantitative estimate of drug-likeness (QED) is 0.536. The van der Waals surface area contributed by atoms with Crippen LogP contribution in [0.2, 0.25) is 0 Å². The molecule has 3 aromatic rings. The van der Waals surface area contributed by atoms with Gasteiger partial charge in [-0.05, 0) is 43.3 Å². The number of hydrogen-bond acceptors (Lipinski definition) is 4. The molecule has 0 heterocycles. The number of hydrogen-bond donors (Lipinski definition) is 1. The lowest BCUT2D eigenvalue weighted by Crippen LogP contribution is -2.15. The van der Waals surface area contributed by atoms with Crippen LogP contribution in [0.1, 0.15) is 42.2 Å². The number of amides is 1. The second kappa shape index (κ2) is 8.31. The highest BCUT2D eigenvalue weighted by molar-refractivity contribution is 6.15. The molecule has 140 valence electrons. The average molecular weight is 373 g/mol. The number of ketones is 1. The highest BCUT2D eigenvalue weighted by Crippen LogP contribution is 2.22. The minimum atomic E-state index is -0.471. The molecule has 1 amide bonds. The molecule has 0 aromatic heterocycles. The van der Waals surface area contributed by atoms with Crippen LogP contribution in [0.4, 0.5) is 5.69 Å². The topological polar surface area (TPSA) is 72.5 Å². The van der Waals surface area contributed by atoms with Crippen LogP contribution in [-0.4, -0.2) is 24.8 Å². The normalized spacial score (nSPS) is 10.2. The summed E-state index contributed by atoms with van der Waals surface area (Å²) in [7, 11) is 1.30. The molecule has 3 rings (SSSR count). The summed E-state index contributed by atoms with van der Waals surface area (Å²) in [6.45, 7) is 1.89. The first-order valence-corrected chi connectivity index (χ1v) is 8.69. The van der Waals surface area contributed by atoms with E-state index in [0.29, 0.717) is 27.9 Å². The number of anilines is 1. The van der Waals surface area contributed by atoms with Crippen LogP contribution in [0.15, 0.2) is 72.8 Å². The van der Waals surface area contributed by atoms with Crippen molar-refractivity contribution in [3.8, 4) is 0 Å². The molecular weight excluding hydrogens is 354 g/mol. The highest BCUT2D eigenvalue weighted by atomic mass is 16.5. The van der Waals surface area contributed by atoms with Gasteiger partial charge in [0.05, 0.1) is 18.4 Å². The number of nitrogens with one attached hydrogen (secondary N) is 1. The number of esters is 1. The second-order valence-electron chi connectivity index (χ2n) is 6.27. The van der Waals surface area contributed by atoms with Crippen molar-refractivity contribution in [3.05, 3.63) is 101 Å². The van der Waals surface area contributed by atoms with Gasteiger partial charge >= 0.3 is 5.97 Å². The van der Waals surface area contributed by atoms with Gasteiger partial charge in [-0.3, -0.25) is 9.59 Å². The van der Waals surface area contributed by atoms with E-state index in [9.17, 15) is 14.4 Å². The lowest BCUT2D eigenvalue weighted by molar-refractivity contribution is 0.0600. The number of rotatable bonds is 5. The molecule has 3 aromatic carbocycles. The smallest absolute Gasteiger partial charge is 0.337 e. The molecule has 1 N–H and O–H groups in total. The van der Waals surface area contributed by atoms with E-state index in [2.05, 4.69) is 10.1 Å². The van der Waals surface area contributed by atoms with E-state index in [1.165, 1.54) is 31.4 Å². The van der Waals surface area contributed by atoms with E-state index >= 15 is 0 Å². The van der Waals surface area contributed by atoms with E-state index < -0.39 is 5.97 Å². The van der Waals surface area contributed by atoms with Crippen LogP contribution in [0, 0.1) is 6.92 Å².